The third-order valence-corrected chi connectivity index (χ3v) is 13.0. The summed E-state index contributed by atoms with van der Waals surface area (Å²) in [6, 6.07) is 20.4. The first-order chi connectivity index (χ1) is 19.1. The number of hydrogen-bond donors (Lipinski definition) is 3. The Morgan fingerprint density at radius 1 is 1.02 bits per heavy atom. The number of ether oxygens (including phenoxy) is 3. The molecule has 2 aliphatic heterocycles. The van der Waals surface area contributed by atoms with Crippen molar-refractivity contribution in [1.29, 1.82) is 0 Å². The van der Waals surface area contributed by atoms with Crippen molar-refractivity contribution < 1.29 is 28.9 Å². The zero-order valence-corrected chi connectivity index (χ0v) is 24.5. The van der Waals surface area contributed by atoms with Gasteiger partial charge in [-0.05, 0) is 66.6 Å². The predicted octanol–water partition coefficient (Wildman–Crippen LogP) is 4.51. The van der Waals surface area contributed by atoms with Gasteiger partial charge in [-0.2, -0.15) is 0 Å². The molecule has 3 aromatic rings. The lowest BCUT2D eigenvalue weighted by Crippen LogP contribution is -2.51. The number of hydrogen-bond acceptors (Lipinski definition) is 6. The van der Waals surface area contributed by atoms with Crippen LogP contribution in [0.25, 0.3) is 0 Å². The number of rotatable bonds is 8. The number of anilines is 2. The zero-order chi connectivity index (χ0) is 28.7. The summed E-state index contributed by atoms with van der Waals surface area (Å²) in [7, 11) is 0.991. The minimum Gasteiger partial charge on any atom is -0.497 e. The highest BCUT2D eigenvalue weighted by Crippen LogP contribution is 2.58. The third kappa shape index (κ3) is 4.57. The van der Waals surface area contributed by atoms with E-state index in [2.05, 4.69) is 42.8 Å². The van der Waals surface area contributed by atoms with Gasteiger partial charge in [-0.15, -0.1) is 0 Å². The second-order valence-electron chi connectivity index (χ2n) is 11.1. The van der Waals surface area contributed by atoms with Gasteiger partial charge in [-0.3, -0.25) is 9.59 Å². The molecule has 1 fully saturated rings. The van der Waals surface area contributed by atoms with Crippen LogP contribution in [0.3, 0.4) is 0 Å². The van der Waals surface area contributed by atoms with Gasteiger partial charge < -0.3 is 30.0 Å². The number of fused-ring (bicyclic) bond motifs is 2. The second kappa shape index (κ2) is 10.7. The molecule has 40 heavy (non-hydrogen) atoms. The van der Waals surface area contributed by atoms with Crippen molar-refractivity contribution in [2.75, 3.05) is 31.5 Å². The van der Waals surface area contributed by atoms with Gasteiger partial charge in [0.1, 0.15) is 11.5 Å². The van der Waals surface area contributed by atoms with Crippen LogP contribution in [0.2, 0.25) is 18.6 Å². The maximum absolute atomic E-state index is 13.7. The fourth-order valence-corrected chi connectivity index (χ4v) is 10.6. The minimum atomic E-state index is -2.23. The van der Waals surface area contributed by atoms with Gasteiger partial charge in [0, 0.05) is 35.0 Å². The molecule has 0 aliphatic carbocycles. The van der Waals surface area contributed by atoms with Crippen LogP contribution in [0.5, 0.6) is 11.5 Å². The van der Waals surface area contributed by atoms with Crippen molar-refractivity contribution in [3.8, 4) is 11.5 Å². The first kappa shape index (κ1) is 27.9. The summed E-state index contributed by atoms with van der Waals surface area (Å²) in [5.41, 5.74) is 1.26. The molecular weight excluding hydrogens is 524 g/mol. The maximum atomic E-state index is 13.7. The van der Waals surface area contributed by atoms with Gasteiger partial charge in [-0.1, -0.05) is 37.3 Å². The summed E-state index contributed by atoms with van der Waals surface area (Å²) in [6.07, 6.45) is 0.123. The molecule has 3 N–H and O–H groups in total. The van der Waals surface area contributed by atoms with E-state index < -0.39 is 13.7 Å². The number of aliphatic hydroxyl groups excluding tert-OH is 1. The van der Waals surface area contributed by atoms with E-state index >= 15 is 0 Å². The highest BCUT2D eigenvalue weighted by Gasteiger charge is 2.64. The molecule has 0 unspecified atom stereocenters. The Labute approximate surface area is 235 Å². The normalized spacial score (nSPS) is 23.6. The molecule has 0 bridgehead atoms. The molecule has 0 radical (unpaired) electrons. The van der Waals surface area contributed by atoms with Crippen molar-refractivity contribution in [1.82, 2.24) is 0 Å². The SMILES string of the molecule is COc1ccc(C(=O)Nc2ccc3c(c2)[C@@]2(O[C@H](CCO)[C@@H]([Si](C)(C)c4ccc(OC)cc4)[C@@H]2C)C(=O)N3)cc1. The highest BCUT2D eigenvalue weighted by atomic mass is 28.3. The molecule has 0 aromatic heterocycles. The number of carbonyl (C=O) groups is 2. The summed E-state index contributed by atoms with van der Waals surface area (Å²) < 4.78 is 17.3. The number of carbonyl (C=O) groups excluding carboxylic acids is 2. The molecule has 1 spiro atoms. The summed E-state index contributed by atoms with van der Waals surface area (Å²) in [4.78, 5) is 26.7. The Balaban J connectivity index is 1.50. The van der Waals surface area contributed by atoms with Gasteiger partial charge in [0.15, 0.2) is 5.60 Å². The quantitative estimate of drug-likeness (QED) is 0.350. The van der Waals surface area contributed by atoms with Crippen molar-refractivity contribution in [3.63, 3.8) is 0 Å². The molecule has 9 heteroatoms. The lowest BCUT2D eigenvalue weighted by atomic mass is 9.82. The Morgan fingerprint density at radius 2 is 1.65 bits per heavy atom. The number of methoxy groups -OCH3 is 2. The van der Waals surface area contributed by atoms with Crippen LogP contribution in [0.4, 0.5) is 11.4 Å². The van der Waals surface area contributed by atoms with E-state index in [1.54, 1.807) is 44.6 Å². The Hall–Kier alpha value is -3.66. The molecule has 4 atom stereocenters. The van der Waals surface area contributed by atoms with E-state index in [4.69, 9.17) is 14.2 Å². The number of benzene rings is 3. The fraction of sp³-hybridized carbons (Fsp3) is 0.355. The van der Waals surface area contributed by atoms with Crippen molar-refractivity contribution in [2.45, 2.75) is 43.7 Å². The van der Waals surface area contributed by atoms with Gasteiger partial charge in [0.25, 0.3) is 11.8 Å². The van der Waals surface area contributed by atoms with Crippen LogP contribution >= 0.6 is 0 Å². The Bertz CT molecular complexity index is 1410. The van der Waals surface area contributed by atoms with Gasteiger partial charge in [0.05, 0.1) is 28.4 Å². The molecular formula is C31H36N2O6Si. The van der Waals surface area contributed by atoms with E-state index in [0.29, 0.717) is 34.7 Å². The molecule has 2 amide bonds. The van der Waals surface area contributed by atoms with E-state index in [1.165, 1.54) is 5.19 Å². The minimum absolute atomic E-state index is 0.0382. The molecule has 3 aromatic carbocycles. The van der Waals surface area contributed by atoms with Gasteiger partial charge in [-0.25, -0.2) is 0 Å². The average molecular weight is 561 g/mol. The first-order valence-electron chi connectivity index (χ1n) is 13.5. The third-order valence-electron chi connectivity index (χ3n) is 8.61. The van der Waals surface area contributed by atoms with Crippen LogP contribution in [-0.2, 0) is 15.1 Å². The molecule has 210 valence electrons. The summed E-state index contributed by atoms with van der Waals surface area (Å²) in [5, 5.41) is 17.2. The lowest BCUT2D eigenvalue weighted by molar-refractivity contribution is -0.143. The smallest absolute Gasteiger partial charge is 0.261 e. The lowest BCUT2D eigenvalue weighted by Gasteiger charge is -2.37. The fourth-order valence-electron chi connectivity index (χ4n) is 6.55. The first-order valence-corrected chi connectivity index (χ1v) is 16.6. The topological polar surface area (TPSA) is 106 Å². The summed E-state index contributed by atoms with van der Waals surface area (Å²) in [5.74, 6) is 0.806. The summed E-state index contributed by atoms with van der Waals surface area (Å²) in [6.45, 7) is 6.63. The molecule has 2 aliphatic rings. The highest BCUT2D eigenvalue weighted by molar-refractivity contribution is 6.91. The van der Waals surface area contributed by atoms with E-state index in [1.807, 2.05) is 24.3 Å². The monoisotopic (exact) mass is 560 g/mol. The van der Waals surface area contributed by atoms with E-state index in [0.717, 1.165) is 5.75 Å². The molecule has 8 nitrogen and oxygen atoms in total. The van der Waals surface area contributed by atoms with Crippen molar-refractivity contribution >= 4 is 36.4 Å². The zero-order valence-electron chi connectivity index (χ0n) is 23.5. The molecule has 2 heterocycles. The predicted molar refractivity (Wildman–Crippen MR) is 157 cm³/mol. The van der Waals surface area contributed by atoms with Crippen LogP contribution in [0, 0.1) is 5.92 Å². The Morgan fingerprint density at radius 3 is 2.25 bits per heavy atom. The number of nitrogens with one attached hydrogen (secondary N) is 2. The largest absolute Gasteiger partial charge is 0.497 e. The van der Waals surface area contributed by atoms with E-state index in [9.17, 15) is 14.7 Å². The number of amides is 2. The molecule has 0 saturated carbocycles. The molecule has 5 rings (SSSR count). The summed E-state index contributed by atoms with van der Waals surface area (Å²) >= 11 is 0. The van der Waals surface area contributed by atoms with Gasteiger partial charge in [0.2, 0.25) is 0 Å². The number of aliphatic hydroxyl groups is 1. The van der Waals surface area contributed by atoms with Crippen molar-refractivity contribution in [2.24, 2.45) is 5.92 Å². The van der Waals surface area contributed by atoms with E-state index in [-0.39, 0.29) is 36.0 Å². The van der Waals surface area contributed by atoms with Crippen LogP contribution in [-0.4, -0.2) is 51.9 Å². The average Bonchev–Trinajstić information content (AvgIpc) is 3.41. The second-order valence-corrected chi connectivity index (χ2v) is 15.8. The van der Waals surface area contributed by atoms with Crippen LogP contribution in [0.15, 0.2) is 66.7 Å². The molecule has 1 saturated heterocycles. The van der Waals surface area contributed by atoms with Crippen LogP contribution in [0.1, 0.15) is 29.3 Å². The van der Waals surface area contributed by atoms with Crippen LogP contribution < -0.4 is 25.3 Å². The van der Waals surface area contributed by atoms with Crippen molar-refractivity contribution in [3.05, 3.63) is 77.9 Å². The standard InChI is InChI=1S/C31H36N2O6Si/c1-19-28(40(4,5)24-13-11-23(38-3)12-14-24)27(16-17-34)39-31(19)25-18-21(8-15-26(25)33-30(31)36)32-29(35)20-6-9-22(37-2)10-7-20/h6-15,18-19,27-28,34H,16-17H2,1-5H3,(H,32,35)(H,33,36)/t19-,27+,28-,31+/m0/s1. The Kier molecular flexibility index (Phi) is 7.47. The van der Waals surface area contributed by atoms with Gasteiger partial charge >= 0.3 is 0 Å². The maximum Gasteiger partial charge on any atom is 0.261 e.